The lowest BCUT2D eigenvalue weighted by molar-refractivity contribution is -0.00514. The number of thiazole rings is 1. The smallest absolute Gasteiger partial charge is 0.276 e. The van der Waals surface area contributed by atoms with Gasteiger partial charge < -0.3 is 9.80 Å². The van der Waals surface area contributed by atoms with Crippen LogP contribution < -0.4 is 31.2 Å². The van der Waals surface area contributed by atoms with E-state index >= 15 is 0 Å². The number of anilines is 9. The molecule has 6 heteroatoms. The van der Waals surface area contributed by atoms with Crippen molar-refractivity contribution >= 4 is 84.5 Å². The van der Waals surface area contributed by atoms with Crippen LogP contribution in [-0.4, -0.2) is 11.7 Å². The van der Waals surface area contributed by atoms with E-state index in [0.717, 1.165) is 39.9 Å². The highest BCUT2D eigenvalue weighted by molar-refractivity contribution is 7.23. The molecule has 4 fully saturated rings. The normalized spacial score (nSPS) is 21.6. The van der Waals surface area contributed by atoms with Gasteiger partial charge in [0.15, 0.2) is 5.13 Å². The second kappa shape index (κ2) is 15.2. The fourth-order valence-electron chi connectivity index (χ4n) is 13.2. The molecule has 0 N–H and O–H groups in total. The maximum atomic E-state index is 5.95. The molecule has 3 heterocycles. The van der Waals surface area contributed by atoms with E-state index in [1.54, 1.807) is 5.56 Å². The lowest BCUT2D eigenvalue weighted by Crippen LogP contribution is -2.62. The van der Waals surface area contributed by atoms with E-state index in [4.69, 9.17) is 4.98 Å². The van der Waals surface area contributed by atoms with Crippen LogP contribution in [0.5, 0.6) is 0 Å². The average Bonchev–Trinajstić information content (AvgIpc) is 3.72. The molecule has 0 radical (unpaired) electrons. The van der Waals surface area contributed by atoms with E-state index in [0.29, 0.717) is 0 Å². The van der Waals surface area contributed by atoms with Gasteiger partial charge in [0.05, 0.1) is 5.59 Å². The predicted octanol–water partition coefficient (Wildman–Crippen LogP) is 15.1. The molecule has 7 aromatic rings. The van der Waals surface area contributed by atoms with E-state index in [1.807, 2.05) is 11.3 Å². The Morgan fingerprint density at radius 2 is 1.00 bits per heavy atom. The number of fused-ring (bicyclic) bond motifs is 4. The molecule has 4 saturated carbocycles. The van der Waals surface area contributed by atoms with Gasteiger partial charge in [-0.3, -0.25) is 4.90 Å². The second-order valence-corrected chi connectivity index (χ2v) is 25.0. The summed E-state index contributed by atoms with van der Waals surface area (Å²) in [6, 6.07) is 53.5. The van der Waals surface area contributed by atoms with Crippen LogP contribution in [0, 0.1) is 17.8 Å². The van der Waals surface area contributed by atoms with E-state index < -0.39 is 0 Å². The lowest BCUT2D eigenvalue weighted by Gasteiger charge is -2.57. The minimum atomic E-state index is -0.0729. The first-order chi connectivity index (χ1) is 32.0. The molecule has 0 atom stereocenters. The molecule has 13 rings (SSSR count). The minimum Gasteiger partial charge on any atom is -0.311 e. The summed E-state index contributed by atoms with van der Waals surface area (Å²) in [5.41, 5.74) is 18.1. The van der Waals surface area contributed by atoms with Crippen molar-refractivity contribution in [2.24, 2.45) is 17.8 Å². The highest BCUT2D eigenvalue weighted by Crippen LogP contribution is 2.62. The standard InChI is InChI=1S/C61H65BN4S/c1-58(2,3)42-20-25-48(26-21-42)65-51-29-24-44(60(7,8)9)33-50(51)62-54-52(65)34-45(61-36-39-30-40(37-61)32-41(31-39)38-61)35-53(54)66(49-27-22-43(23-28-49)59(4,5)6)56-55(62)63-57(67-56)64(46-16-12-10-13-17-46)47-18-14-11-15-19-47/h10-29,33-35,39-41H,30-32,36-38H2,1-9H3. The van der Waals surface area contributed by atoms with Crippen LogP contribution in [0.2, 0.25) is 0 Å². The lowest BCUT2D eigenvalue weighted by atomic mass is 9.35. The molecule has 0 amide bonds. The van der Waals surface area contributed by atoms with Crippen LogP contribution in [-0.2, 0) is 21.7 Å². The fraction of sp³-hybridized carbons (Fsp3) is 0.361. The zero-order valence-electron chi connectivity index (χ0n) is 41.0. The van der Waals surface area contributed by atoms with E-state index in [1.165, 1.54) is 99.6 Å². The Kier molecular flexibility index (Phi) is 9.70. The molecule has 338 valence electrons. The molecular formula is C61H65BN4S. The van der Waals surface area contributed by atoms with Crippen LogP contribution in [0.3, 0.4) is 0 Å². The molecule has 0 unspecified atom stereocenters. The van der Waals surface area contributed by atoms with Crippen molar-refractivity contribution < 1.29 is 0 Å². The number of benzene rings is 6. The number of nitrogens with zero attached hydrogens (tertiary/aromatic N) is 4. The molecule has 4 bridgehead atoms. The summed E-state index contributed by atoms with van der Waals surface area (Å²) in [5.74, 6) is 2.51. The third-order valence-electron chi connectivity index (χ3n) is 16.3. The number of hydrogen-bond donors (Lipinski definition) is 0. The van der Waals surface area contributed by atoms with Crippen molar-refractivity contribution in [3.63, 3.8) is 0 Å². The molecule has 6 aliphatic rings. The maximum Gasteiger partial charge on any atom is 0.276 e. The van der Waals surface area contributed by atoms with Gasteiger partial charge in [-0.25, -0.2) is 4.98 Å². The first-order valence-corrected chi connectivity index (χ1v) is 25.9. The van der Waals surface area contributed by atoms with Crippen molar-refractivity contribution in [1.29, 1.82) is 0 Å². The Balaban J connectivity index is 1.17. The van der Waals surface area contributed by atoms with Crippen LogP contribution in [0.4, 0.5) is 49.9 Å². The van der Waals surface area contributed by atoms with Crippen LogP contribution >= 0.6 is 11.3 Å². The van der Waals surface area contributed by atoms with Gasteiger partial charge in [0, 0.05) is 39.8 Å². The van der Waals surface area contributed by atoms with Crippen LogP contribution in [0.15, 0.2) is 140 Å². The van der Waals surface area contributed by atoms with Crippen molar-refractivity contribution in [1.82, 2.24) is 4.98 Å². The summed E-state index contributed by atoms with van der Waals surface area (Å²) in [4.78, 5) is 13.6. The largest absolute Gasteiger partial charge is 0.311 e. The summed E-state index contributed by atoms with van der Waals surface area (Å²) in [7, 11) is 0. The van der Waals surface area contributed by atoms with Gasteiger partial charge in [0.25, 0.3) is 6.71 Å². The van der Waals surface area contributed by atoms with Gasteiger partial charge in [0.2, 0.25) is 0 Å². The summed E-state index contributed by atoms with van der Waals surface area (Å²) in [6.45, 7) is 20.9. The number of hydrogen-bond acceptors (Lipinski definition) is 5. The summed E-state index contributed by atoms with van der Waals surface area (Å²) >= 11 is 1.84. The van der Waals surface area contributed by atoms with Crippen LogP contribution in [0.1, 0.15) is 123 Å². The van der Waals surface area contributed by atoms with E-state index in [-0.39, 0.29) is 28.4 Å². The minimum absolute atomic E-state index is 0.0370. The topological polar surface area (TPSA) is 22.6 Å². The summed E-state index contributed by atoms with van der Waals surface area (Å²) < 4.78 is 0. The zero-order chi connectivity index (χ0) is 46.2. The van der Waals surface area contributed by atoms with Gasteiger partial charge in [-0.15, -0.1) is 0 Å². The number of para-hydroxylation sites is 2. The van der Waals surface area contributed by atoms with Gasteiger partial charge in [-0.1, -0.05) is 146 Å². The third kappa shape index (κ3) is 7.10. The van der Waals surface area contributed by atoms with Crippen molar-refractivity contribution in [3.8, 4) is 0 Å². The first kappa shape index (κ1) is 42.7. The van der Waals surface area contributed by atoms with Gasteiger partial charge in [-0.2, -0.15) is 0 Å². The molecule has 4 aliphatic carbocycles. The van der Waals surface area contributed by atoms with Gasteiger partial charge in [-0.05, 0) is 178 Å². The molecule has 0 saturated heterocycles. The van der Waals surface area contributed by atoms with Gasteiger partial charge >= 0.3 is 0 Å². The molecule has 1 aromatic heterocycles. The first-order valence-electron chi connectivity index (χ1n) is 25.1. The molecule has 0 spiro atoms. The van der Waals surface area contributed by atoms with Crippen molar-refractivity contribution in [2.45, 2.75) is 122 Å². The third-order valence-corrected chi connectivity index (χ3v) is 17.3. The zero-order valence-corrected chi connectivity index (χ0v) is 41.8. The Hall–Kier alpha value is -5.59. The predicted molar refractivity (Wildman–Crippen MR) is 287 cm³/mol. The SMILES string of the molecule is CC(C)(C)c1ccc(N2c3ccc(C(C)(C)C)cc3B3c4nc(N(c5ccccc5)c5ccccc5)sc4N(c4ccc(C(C)(C)C)cc4)c4cc(C56CC7CC(CC(C7)C5)C6)cc2c43)cc1. The van der Waals surface area contributed by atoms with E-state index in [9.17, 15) is 0 Å². The van der Waals surface area contributed by atoms with Crippen molar-refractivity contribution in [3.05, 3.63) is 162 Å². The Bertz CT molecular complexity index is 2930. The Morgan fingerprint density at radius 1 is 0.537 bits per heavy atom. The monoisotopic (exact) mass is 897 g/mol. The number of rotatable bonds is 6. The van der Waals surface area contributed by atoms with Gasteiger partial charge in [0.1, 0.15) is 5.00 Å². The maximum absolute atomic E-state index is 5.95. The molecule has 67 heavy (non-hydrogen) atoms. The summed E-state index contributed by atoms with van der Waals surface area (Å²) in [5, 5.41) is 2.18. The molecule has 2 aliphatic heterocycles. The van der Waals surface area contributed by atoms with E-state index in [2.05, 4.69) is 217 Å². The molecular weight excluding hydrogens is 832 g/mol. The highest BCUT2D eigenvalue weighted by atomic mass is 32.1. The molecule has 4 nitrogen and oxygen atoms in total. The number of aromatic nitrogens is 1. The highest BCUT2D eigenvalue weighted by Gasteiger charge is 2.54. The fourth-order valence-corrected chi connectivity index (χ4v) is 14.4. The quantitative estimate of drug-likeness (QED) is 0.155. The Morgan fingerprint density at radius 3 is 1.49 bits per heavy atom. The van der Waals surface area contributed by atoms with Crippen molar-refractivity contribution in [2.75, 3.05) is 14.7 Å². The summed E-state index contributed by atoms with van der Waals surface area (Å²) in [6.07, 6.45) is 8.21. The van der Waals surface area contributed by atoms with Crippen LogP contribution in [0.25, 0.3) is 0 Å². The Labute approximate surface area is 404 Å². The second-order valence-electron chi connectivity index (χ2n) is 24.0. The average molecular weight is 897 g/mol. The molecule has 6 aromatic carbocycles.